The minimum absolute atomic E-state index is 0.0132. The van der Waals surface area contributed by atoms with Gasteiger partial charge in [0.05, 0.1) is 18.0 Å². The predicted molar refractivity (Wildman–Crippen MR) is 212 cm³/mol. The predicted octanol–water partition coefficient (Wildman–Crippen LogP) is 6.09. The van der Waals surface area contributed by atoms with E-state index in [0.29, 0.717) is 48.3 Å². The second-order valence-corrected chi connectivity index (χ2v) is 16.3. The van der Waals surface area contributed by atoms with Gasteiger partial charge < -0.3 is 24.5 Å². The van der Waals surface area contributed by atoms with Crippen LogP contribution in [0.3, 0.4) is 0 Å². The number of ether oxygens (including phenoxy) is 1. The van der Waals surface area contributed by atoms with Gasteiger partial charge in [-0.1, -0.05) is 42.0 Å². The van der Waals surface area contributed by atoms with Crippen molar-refractivity contribution in [3.05, 3.63) is 118 Å². The summed E-state index contributed by atoms with van der Waals surface area (Å²) in [5.74, 6) is -0.787. The molecular formula is C45H47F2N5O5. The van der Waals surface area contributed by atoms with Crippen molar-refractivity contribution < 1.29 is 33.0 Å². The van der Waals surface area contributed by atoms with Gasteiger partial charge in [-0.15, -0.1) is 0 Å². The molecule has 0 spiro atoms. The molecule has 0 radical (unpaired) electrons. The van der Waals surface area contributed by atoms with E-state index in [1.165, 1.54) is 11.0 Å². The fourth-order valence-corrected chi connectivity index (χ4v) is 9.68. The number of fused-ring (bicyclic) bond motifs is 2. The molecule has 0 bridgehead atoms. The number of nitrogens with one attached hydrogen (secondary N) is 1. The largest absolute Gasteiger partial charge is 0.508 e. The Kier molecular flexibility index (Phi) is 9.84. The highest BCUT2D eigenvalue weighted by molar-refractivity contribution is 6.05. The molecule has 5 aliphatic rings. The summed E-state index contributed by atoms with van der Waals surface area (Å²) in [6, 6.07) is 21.6. The van der Waals surface area contributed by atoms with Crippen LogP contribution in [0.4, 0.5) is 20.2 Å². The van der Waals surface area contributed by atoms with Gasteiger partial charge in [0, 0.05) is 87.8 Å². The van der Waals surface area contributed by atoms with Crippen molar-refractivity contribution in [2.24, 2.45) is 5.92 Å². The van der Waals surface area contributed by atoms with Crippen LogP contribution in [-0.2, 0) is 16.1 Å². The number of hydrogen-bond donors (Lipinski definition) is 2. The van der Waals surface area contributed by atoms with E-state index in [1.54, 1.807) is 24.3 Å². The number of amides is 3. The number of phenolic OH excluding ortho intramolecular Hbond substituents is 1. The average Bonchev–Trinajstić information content (AvgIpc) is 3.51. The number of phenols is 1. The monoisotopic (exact) mass is 775 g/mol. The normalized spacial score (nSPS) is 23.0. The summed E-state index contributed by atoms with van der Waals surface area (Å²) in [4.78, 5) is 45.3. The van der Waals surface area contributed by atoms with Crippen LogP contribution in [-0.4, -0.2) is 91.1 Å². The molecule has 3 amide bonds. The number of carbonyl (C=O) groups is 3. The van der Waals surface area contributed by atoms with Crippen LogP contribution in [0.1, 0.15) is 75.7 Å². The molecule has 10 nitrogen and oxygen atoms in total. The minimum atomic E-state index is -0.736. The first kappa shape index (κ1) is 37.1. The third-order valence-electron chi connectivity index (χ3n) is 12.7. The van der Waals surface area contributed by atoms with E-state index >= 15 is 8.78 Å². The van der Waals surface area contributed by atoms with E-state index in [-0.39, 0.29) is 60.2 Å². The van der Waals surface area contributed by atoms with E-state index in [2.05, 4.69) is 46.3 Å². The highest BCUT2D eigenvalue weighted by atomic mass is 19.1. The molecule has 296 valence electrons. The van der Waals surface area contributed by atoms with Gasteiger partial charge in [0.25, 0.3) is 5.91 Å². The molecule has 4 aromatic carbocycles. The number of rotatable bonds is 7. The Balaban J connectivity index is 0.808. The Labute approximate surface area is 331 Å². The van der Waals surface area contributed by atoms with Crippen LogP contribution in [0, 0.1) is 24.5 Å². The standard InChI is InChI=1S/C45H47F2N5O5/c1-27-3-2-4-29(19-27)35-26-57-41-22-32(53)6-7-33(41)43(35)30-5-8-38(36(46)20-30)50-13-11-28(12-14-50)24-49-15-17-51(18-16-49)40-21-31-25-52(45(56)34(31)23-37(40)47)39-9-10-42(54)48-44(39)55/h2-8,19-23,28,35,39,43,53H,9-18,24-26H2,1H3,(H,48,54,55)/t35?,39-,43?/m0/s1. The molecule has 57 heavy (non-hydrogen) atoms. The maximum absolute atomic E-state index is 16.1. The van der Waals surface area contributed by atoms with Crippen LogP contribution in [0.5, 0.6) is 11.5 Å². The SMILES string of the molecule is Cc1cccc(C2COc3cc(O)ccc3C2c2ccc(N3CCC(CN4CCN(c5cc6c(cc5F)C(=O)N([C@H]5CCC(=O)NC5=O)C6)CC4)CC3)c(F)c2)c1. The number of halogens is 2. The number of hydrogen-bond acceptors (Lipinski definition) is 8. The van der Waals surface area contributed by atoms with Crippen molar-refractivity contribution in [2.45, 2.75) is 57.0 Å². The molecule has 3 saturated heterocycles. The Bertz CT molecular complexity index is 2230. The fraction of sp³-hybridized carbons (Fsp3) is 0.400. The van der Waals surface area contributed by atoms with Crippen molar-refractivity contribution in [3.8, 4) is 11.5 Å². The minimum Gasteiger partial charge on any atom is -0.508 e. The molecule has 0 aliphatic carbocycles. The number of aryl methyl sites for hydroxylation is 1. The average molecular weight is 776 g/mol. The van der Waals surface area contributed by atoms with E-state index in [9.17, 15) is 19.5 Å². The van der Waals surface area contributed by atoms with Crippen molar-refractivity contribution in [2.75, 3.05) is 62.2 Å². The first-order valence-corrected chi connectivity index (χ1v) is 20.1. The zero-order chi connectivity index (χ0) is 39.4. The molecule has 5 aliphatic heterocycles. The molecule has 4 aromatic rings. The van der Waals surface area contributed by atoms with Gasteiger partial charge in [-0.05, 0) is 79.1 Å². The summed E-state index contributed by atoms with van der Waals surface area (Å²) >= 11 is 0. The van der Waals surface area contributed by atoms with Gasteiger partial charge in [0.2, 0.25) is 11.8 Å². The first-order valence-electron chi connectivity index (χ1n) is 20.1. The maximum Gasteiger partial charge on any atom is 0.255 e. The number of piperidine rings is 2. The molecule has 12 heteroatoms. The number of carbonyl (C=O) groups excluding carboxylic acids is 3. The highest BCUT2D eigenvalue weighted by Crippen LogP contribution is 2.47. The van der Waals surface area contributed by atoms with Gasteiger partial charge >= 0.3 is 0 Å². The number of anilines is 2. The van der Waals surface area contributed by atoms with Crippen LogP contribution >= 0.6 is 0 Å². The summed E-state index contributed by atoms with van der Waals surface area (Å²) < 4.78 is 37.7. The smallest absolute Gasteiger partial charge is 0.255 e. The second kappa shape index (κ2) is 15.1. The number of piperazine rings is 1. The zero-order valence-corrected chi connectivity index (χ0v) is 32.1. The van der Waals surface area contributed by atoms with Gasteiger partial charge in [-0.25, -0.2) is 8.78 Å². The molecular weight excluding hydrogens is 729 g/mol. The molecule has 0 aromatic heterocycles. The maximum atomic E-state index is 16.1. The van der Waals surface area contributed by atoms with Crippen molar-refractivity contribution in [3.63, 3.8) is 0 Å². The van der Waals surface area contributed by atoms with E-state index in [0.717, 1.165) is 67.8 Å². The topological polar surface area (TPSA) is 106 Å². The highest BCUT2D eigenvalue weighted by Gasteiger charge is 2.40. The second-order valence-electron chi connectivity index (χ2n) is 16.3. The van der Waals surface area contributed by atoms with Crippen LogP contribution in [0.2, 0.25) is 0 Å². The van der Waals surface area contributed by atoms with Crippen molar-refractivity contribution in [1.29, 1.82) is 0 Å². The lowest BCUT2D eigenvalue weighted by Crippen LogP contribution is -2.52. The third kappa shape index (κ3) is 7.20. The summed E-state index contributed by atoms with van der Waals surface area (Å²) in [5.41, 5.74) is 6.18. The number of imide groups is 1. The van der Waals surface area contributed by atoms with E-state index < -0.39 is 17.8 Å². The molecule has 2 N–H and O–H groups in total. The summed E-state index contributed by atoms with van der Waals surface area (Å²) in [6.45, 7) is 8.05. The Hall–Kier alpha value is -5.49. The first-order chi connectivity index (χ1) is 27.6. The van der Waals surface area contributed by atoms with Gasteiger partial charge in [0.1, 0.15) is 29.2 Å². The van der Waals surface area contributed by atoms with Crippen molar-refractivity contribution >= 4 is 29.1 Å². The molecule has 3 fully saturated rings. The molecule has 5 heterocycles. The fourth-order valence-electron chi connectivity index (χ4n) is 9.68. The number of benzene rings is 4. The lowest BCUT2D eigenvalue weighted by molar-refractivity contribution is -0.136. The third-order valence-corrected chi connectivity index (χ3v) is 12.7. The molecule has 0 saturated carbocycles. The lowest BCUT2D eigenvalue weighted by Gasteiger charge is -2.40. The van der Waals surface area contributed by atoms with E-state index in [1.807, 2.05) is 23.1 Å². The van der Waals surface area contributed by atoms with E-state index in [4.69, 9.17) is 4.74 Å². The quantitative estimate of drug-likeness (QED) is 0.218. The zero-order valence-electron chi connectivity index (χ0n) is 32.1. The van der Waals surface area contributed by atoms with Crippen molar-refractivity contribution in [1.82, 2.24) is 15.1 Å². The summed E-state index contributed by atoms with van der Waals surface area (Å²) in [5, 5.41) is 12.5. The number of aromatic hydroxyl groups is 1. The van der Waals surface area contributed by atoms with Crippen LogP contribution in [0.15, 0.2) is 72.8 Å². The Morgan fingerprint density at radius 2 is 1.58 bits per heavy atom. The summed E-state index contributed by atoms with van der Waals surface area (Å²) in [7, 11) is 0. The summed E-state index contributed by atoms with van der Waals surface area (Å²) in [6.07, 6.45) is 2.33. The number of nitrogens with zero attached hydrogens (tertiary/aromatic N) is 4. The lowest BCUT2D eigenvalue weighted by atomic mass is 9.75. The van der Waals surface area contributed by atoms with Gasteiger partial charge in [-0.2, -0.15) is 0 Å². The van der Waals surface area contributed by atoms with Crippen LogP contribution in [0.25, 0.3) is 0 Å². The molecule has 3 atom stereocenters. The molecule has 2 unspecified atom stereocenters. The molecule has 9 rings (SSSR count). The van der Waals surface area contributed by atoms with Gasteiger partial charge in [0.15, 0.2) is 0 Å². The Morgan fingerprint density at radius 1 is 0.807 bits per heavy atom. The Morgan fingerprint density at radius 3 is 2.33 bits per heavy atom. The van der Waals surface area contributed by atoms with Crippen LogP contribution < -0.4 is 19.9 Å². The van der Waals surface area contributed by atoms with Gasteiger partial charge in [-0.3, -0.25) is 24.6 Å².